The molecule has 0 bridgehead atoms. The Bertz CT molecular complexity index is 721. The Morgan fingerprint density at radius 3 is 2.90 bits per heavy atom. The van der Waals surface area contributed by atoms with Crippen LogP contribution < -0.4 is 5.32 Å². The molecule has 1 aromatic carbocycles. The number of anilines is 1. The molecule has 0 unspecified atom stereocenters. The first-order chi connectivity index (χ1) is 9.54. The molecule has 0 radical (unpaired) electrons. The predicted octanol–water partition coefficient (Wildman–Crippen LogP) is 3.93. The highest BCUT2D eigenvalue weighted by molar-refractivity contribution is 7.09. The van der Waals surface area contributed by atoms with Crippen molar-refractivity contribution in [1.29, 1.82) is 0 Å². The summed E-state index contributed by atoms with van der Waals surface area (Å²) in [6, 6.07) is 6.13. The minimum absolute atomic E-state index is 0.117. The lowest BCUT2D eigenvalue weighted by molar-refractivity contribution is 0.583. The molecule has 3 aromatic rings. The van der Waals surface area contributed by atoms with Crippen molar-refractivity contribution in [2.75, 3.05) is 5.32 Å². The maximum absolute atomic E-state index is 4.69. The van der Waals surface area contributed by atoms with Gasteiger partial charge in [-0.05, 0) is 6.07 Å². The van der Waals surface area contributed by atoms with Crippen LogP contribution in [-0.2, 0) is 12.0 Å². The van der Waals surface area contributed by atoms with Crippen LogP contribution in [0.15, 0.2) is 29.8 Å². The van der Waals surface area contributed by atoms with E-state index in [1.165, 1.54) is 5.01 Å². The van der Waals surface area contributed by atoms with E-state index in [0.29, 0.717) is 0 Å². The molecule has 3 rings (SSSR count). The average Bonchev–Trinajstić information content (AvgIpc) is 3.04. The molecular weight excluding hydrogens is 268 g/mol. The quantitative estimate of drug-likeness (QED) is 0.767. The highest BCUT2D eigenvalue weighted by atomic mass is 32.1. The van der Waals surface area contributed by atoms with Crippen molar-refractivity contribution >= 4 is 27.9 Å². The van der Waals surface area contributed by atoms with Gasteiger partial charge in [0.1, 0.15) is 0 Å². The molecule has 0 spiro atoms. The second kappa shape index (κ2) is 4.90. The van der Waals surface area contributed by atoms with Gasteiger partial charge in [-0.25, -0.2) is 4.98 Å². The monoisotopic (exact) mass is 286 g/mol. The number of rotatable bonds is 3. The minimum atomic E-state index is 0.117. The van der Waals surface area contributed by atoms with Crippen molar-refractivity contribution < 1.29 is 0 Å². The summed E-state index contributed by atoms with van der Waals surface area (Å²) in [6.45, 7) is 7.29. The van der Waals surface area contributed by atoms with Gasteiger partial charge >= 0.3 is 0 Å². The normalized spacial score (nSPS) is 11.9. The number of para-hydroxylation sites is 1. The second-order valence-corrected chi connectivity index (χ2v) is 6.75. The van der Waals surface area contributed by atoms with Crippen molar-refractivity contribution in [3.63, 3.8) is 0 Å². The lowest BCUT2D eigenvalue weighted by atomic mass is 9.98. The number of hydrogen-bond acceptors (Lipinski definition) is 4. The van der Waals surface area contributed by atoms with Gasteiger partial charge in [0.2, 0.25) is 0 Å². The summed E-state index contributed by atoms with van der Waals surface area (Å²) in [5, 5.41) is 14.9. The summed E-state index contributed by atoms with van der Waals surface area (Å²) in [5.41, 5.74) is 3.30. The van der Waals surface area contributed by atoms with E-state index in [2.05, 4.69) is 47.7 Å². The van der Waals surface area contributed by atoms with E-state index in [-0.39, 0.29) is 5.41 Å². The van der Waals surface area contributed by atoms with E-state index in [0.717, 1.165) is 28.8 Å². The highest BCUT2D eigenvalue weighted by Gasteiger charge is 2.17. The molecule has 0 amide bonds. The van der Waals surface area contributed by atoms with Crippen LogP contribution in [-0.4, -0.2) is 15.2 Å². The van der Waals surface area contributed by atoms with Gasteiger partial charge in [-0.1, -0.05) is 32.9 Å². The van der Waals surface area contributed by atoms with Gasteiger partial charge in [0.05, 0.1) is 34.6 Å². The van der Waals surface area contributed by atoms with Crippen molar-refractivity contribution in [3.8, 4) is 0 Å². The summed E-state index contributed by atoms with van der Waals surface area (Å²) in [6.07, 6.45) is 1.83. The van der Waals surface area contributed by atoms with Crippen LogP contribution in [0.4, 0.5) is 5.69 Å². The topological polar surface area (TPSA) is 53.6 Å². The Labute approximate surface area is 122 Å². The number of nitrogens with zero attached hydrogens (tertiary/aromatic N) is 2. The Hall–Kier alpha value is -1.88. The molecule has 20 heavy (non-hydrogen) atoms. The number of thiazole rings is 1. The van der Waals surface area contributed by atoms with Crippen LogP contribution in [0, 0.1) is 0 Å². The summed E-state index contributed by atoms with van der Waals surface area (Å²) >= 11 is 1.73. The zero-order valence-electron chi connectivity index (χ0n) is 11.9. The largest absolute Gasteiger partial charge is 0.378 e. The van der Waals surface area contributed by atoms with Crippen LogP contribution >= 0.6 is 11.3 Å². The number of nitrogens with one attached hydrogen (secondary N) is 2. The van der Waals surface area contributed by atoms with Crippen LogP contribution in [0.3, 0.4) is 0 Å². The van der Waals surface area contributed by atoms with E-state index >= 15 is 0 Å². The molecule has 2 heterocycles. The van der Waals surface area contributed by atoms with Crippen LogP contribution in [0.1, 0.15) is 31.5 Å². The number of hydrogen-bond donors (Lipinski definition) is 2. The molecule has 0 aliphatic rings. The van der Waals surface area contributed by atoms with Gasteiger partial charge in [0.25, 0.3) is 0 Å². The van der Waals surface area contributed by atoms with Crippen molar-refractivity contribution in [2.24, 2.45) is 0 Å². The van der Waals surface area contributed by atoms with Gasteiger partial charge in [-0.2, -0.15) is 5.10 Å². The molecule has 0 saturated heterocycles. The molecule has 0 saturated carbocycles. The van der Waals surface area contributed by atoms with Gasteiger partial charge < -0.3 is 5.32 Å². The average molecular weight is 286 g/mol. The minimum Gasteiger partial charge on any atom is -0.378 e. The third-order valence-electron chi connectivity index (χ3n) is 3.13. The summed E-state index contributed by atoms with van der Waals surface area (Å²) in [5.74, 6) is 0. The van der Waals surface area contributed by atoms with Crippen LogP contribution in [0.2, 0.25) is 0 Å². The first kappa shape index (κ1) is 13.1. The second-order valence-electron chi connectivity index (χ2n) is 5.89. The number of H-pyrrole nitrogens is 1. The molecule has 0 atom stereocenters. The molecule has 104 valence electrons. The predicted molar refractivity (Wildman–Crippen MR) is 84.2 cm³/mol. The molecule has 0 aliphatic heterocycles. The first-order valence-electron chi connectivity index (χ1n) is 6.65. The summed E-state index contributed by atoms with van der Waals surface area (Å²) in [4.78, 5) is 4.69. The number of aromatic nitrogens is 3. The summed E-state index contributed by atoms with van der Waals surface area (Å²) in [7, 11) is 0. The van der Waals surface area contributed by atoms with Crippen LogP contribution in [0.5, 0.6) is 0 Å². The fourth-order valence-electron chi connectivity index (χ4n) is 2.03. The Balaban J connectivity index is 1.76. The maximum atomic E-state index is 4.69. The number of benzene rings is 1. The molecular formula is C15H18N4S. The lowest BCUT2D eigenvalue weighted by Crippen LogP contribution is -2.11. The zero-order chi connectivity index (χ0) is 14.2. The van der Waals surface area contributed by atoms with E-state index in [4.69, 9.17) is 4.98 Å². The van der Waals surface area contributed by atoms with Crippen molar-refractivity contribution in [3.05, 3.63) is 40.5 Å². The van der Waals surface area contributed by atoms with Gasteiger partial charge in [-0.15, -0.1) is 11.3 Å². The summed E-state index contributed by atoms with van der Waals surface area (Å²) < 4.78 is 0. The fraction of sp³-hybridized carbons (Fsp3) is 0.333. The lowest BCUT2D eigenvalue weighted by Gasteiger charge is -2.13. The fourth-order valence-corrected chi connectivity index (χ4v) is 2.94. The molecule has 0 fully saturated rings. The molecule has 5 heteroatoms. The molecule has 2 N–H and O–H groups in total. The number of fused-ring (bicyclic) bond motifs is 1. The van der Waals surface area contributed by atoms with Gasteiger partial charge in [0.15, 0.2) is 0 Å². The standard InChI is InChI=1S/C15H18N4S/c1-15(2,3)14-18-11(9-20-14)8-16-12-6-4-5-10-7-17-19-13(10)12/h4-7,9,16H,8H2,1-3H3,(H,17,19). The van der Waals surface area contributed by atoms with E-state index in [1.807, 2.05) is 18.3 Å². The maximum Gasteiger partial charge on any atom is 0.0982 e. The zero-order valence-corrected chi connectivity index (χ0v) is 12.7. The Kier molecular flexibility index (Phi) is 3.22. The Morgan fingerprint density at radius 1 is 1.30 bits per heavy atom. The third-order valence-corrected chi connectivity index (χ3v) is 4.45. The van der Waals surface area contributed by atoms with Crippen LogP contribution in [0.25, 0.3) is 10.9 Å². The van der Waals surface area contributed by atoms with E-state index < -0.39 is 0 Å². The van der Waals surface area contributed by atoms with Gasteiger partial charge in [-0.3, -0.25) is 5.10 Å². The van der Waals surface area contributed by atoms with E-state index in [9.17, 15) is 0 Å². The molecule has 0 aliphatic carbocycles. The smallest absolute Gasteiger partial charge is 0.0982 e. The third kappa shape index (κ3) is 2.54. The van der Waals surface area contributed by atoms with E-state index in [1.54, 1.807) is 11.3 Å². The molecule has 4 nitrogen and oxygen atoms in total. The highest BCUT2D eigenvalue weighted by Crippen LogP contribution is 2.26. The van der Waals surface area contributed by atoms with Crippen molar-refractivity contribution in [2.45, 2.75) is 32.7 Å². The number of aromatic amines is 1. The SMILES string of the molecule is CC(C)(C)c1nc(CNc2cccc3cn[nH]c23)cs1. The Morgan fingerprint density at radius 2 is 2.15 bits per heavy atom. The van der Waals surface area contributed by atoms with Gasteiger partial charge in [0, 0.05) is 16.2 Å². The van der Waals surface area contributed by atoms with Crippen molar-refractivity contribution in [1.82, 2.24) is 15.2 Å². The molecule has 2 aromatic heterocycles. The first-order valence-corrected chi connectivity index (χ1v) is 7.53.